The second kappa shape index (κ2) is 11.0. The van der Waals surface area contributed by atoms with Gasteiger partial charge >= 0.3 is 0 Å². The van der Waals surface area contributed by atoms with Crippen molar-refractivity contribution in [2.75, 3.05) is 26.4 Å². The number of halogens is 1. The van der Waals surface area contributed by atoms with Crippen molar-refractivity contribution in [3.8, 4) is 0 Å². The van der Waals surface area contributed by atoms with Crippen LogP contribution in [0.25, 0.3) is 0 Å². The lowest BCUT2D eigenvalue weighted by molar-refractivity contribution is 0.506. The molecule has 5 nitrogen and oxygen atoms in total. The lowest BCUT2D eigenvalue weighted by atomic mass is 9.82. The number of aliphatic imine (C=N–C) groups is 1. The van der Waals surface area contributed by atoms with E-state index in [0.29, 0.717) is 11.4 Å². The van der Waals surface area contributed by atoms with E-state index in [1.54, 1.807) is 19.2 Å². The topological polar surface area (TPSA) is 70.6 Å². The average Bonchev–Trinajstić information content (AvgIpc) is 2.64. The quantitative estimate of drug-likeness (QED) is 0.326. The fraction of sp³-hybridized carbons (Fsp3) is 0.409. The number of sulfone groups is 1. The second-order valence-electron chi connectivity index (χ2n) is 7.72. The predicted octanol–water partition coefficient (Wildman–Crippen LogP) is 3.70. The van der Waals surface area contributed by atoms with Gasteiger partial charge in [-0.15, -0.1) is 24.0 Å². The standard InChI is InChI=1S/C22H31N3O2S.HI/c1-17-8-6-7-9-20(17)22(2,3)16-25-21(23-4)24-15-14-18-10-12-19(13-11-18)28(5,26)27;/h6-13H,14-16H2,1-5H3,(H2,23,24,25);1H. The van der Waals surface area contributed by atoms with Crippen LogP contribution in [0.3, 0.4) is 0 Å². The first kappa shape index (κ1) is 25.4. The van der Waals surface area contributed by atoms with Crippen molar-refractivity contribution in [2.45, 2.75) is 37.5 Å². The van der Waals surface area contributed by atoms with Gasteiger partial charge in [0.15, 0.2) is 15.8 Å². The molecule has 2 aromatic rings. The first-order chi connectivity index (χ1) is 13.1. The Hall–Kier alpha value is -1.61. The predicted molar refractivity (Wildman–Crippen MR) is 132 cm³/mol. The van der Waals surface area contributed by atoms with E-state index in [9.17, 15) is 8.42 Å². The molecule has 0 aliphatic rings. The van der Waals surface area contributed by atoms with Crippen LogP contribution in [0.5, 0.6) is 0 Å². The minimum absolute atomic E-state index is 0. The zero-order chi connectivity index (χ0) is 20.8. The molecular formula is C22H32IN3O2S. The smallest absolute Gasteiger partial charge is 0.191 e. The van der Waals surface area contributed by atoms with Crippen LogP contribution < -0.4 is 10.6 Å². The number of nitrogens with zero attached hydrogens (tertiary/aromatic N) is 1. The molecule has 0 aliphatic carbocycles. The Bertz CT molecular complexity index is 923. The van der Waals surface area contributed by atoms with Crippen molar-refractivity contribution in [3.05, 3.63) is 65.2 Å². The number of hydrogen-bond acceptors (Lipinski definition) is 3. The molecule has 0 fully saturated rings. The zero-order valence-electron chi connectivity index (χ0n) is 17.8. The maximum Gasteiger partial charge on any atom is 0.191 e. The average molecular weight is 529 g/mol. The van der Waals surface area contributed by atoms with Crippen molar-refractivity contribution in [3.63, 3.8) is 0 Å². The van der Waals surface area contributed by atoms with Crippen LogP contribution in [0.2, 0.25) is 0 Å². The molecule has 0 saturated carbocycles. The molecule has 2 N–H and O–H groups in total. The Morgan fingerprint density at radius 1 is 1.03 bits per heavy atom. The van der Waals surface area contributed by atoms with Crippen LogP contribution in [-0.2, 0) is 21.7 Å². The number of aryl methyl sites for hydroxylation is 1. The highest BCUT2D eigenvalue weighted by Crippen LogP contribution is 2.25. The number of hydrogen-bond donors (Lipinski definition) is 2. The highest BCUT2D eigenvalue weighted by atomic mass is 127. The summed E-state index contributed by atoms with van der Waals surface area (Å²) in [6, 6.07) is 15.5. The maximum atomic E-state index is 11.5. The van der Waals surface area contributed by atoms with Crippen molar-refractivity contribution < 1.29 is 8.42 Å². The van der Waals surface area contributed by atoms with Gasteiger partial charge in [0.1, 0.15) is 0 Å². The van der Waals surface area contributed by atoms with E-state index < -0.39 is 9.84 Å². The van der Waals surface area contributed by atoms with Crippen molar-refractivity contribution >= 4 is 39.8 Å². The molecule has 0 heterocycles. The first-order valence-corrected chi connectivity index (χ1v) is 11.3. The highest BCUT2D eigenvalue weighted by Gasteiger charge is 2.22. The third-order valence-corrected chi connectivity index (χ3v) is 5.98. The number of benzene rings is 2. The first-order valence-electron chi connectivity index (χ1n) is 9.43. The van der Waals surface area contributed by atoms with E-state index in [-0.39, 0.29) is 29.4 Å². The van der Waals surface area contributed by atoms with Crippen molar-refractivity contribution in [1.82, 2.24) is 10.6 Å². The third-order valence-electron chi connectivity index (χ3n) is 4.85. The number of nitrogens with one attached hydrogen (secondary N) is 2. The SMILES string of the molecule is CN=C(NCCc1ccc(S(C)(=O)=O)cc1)NCC(C)(C)c1ccccc1C.I. The summed E-state index contributed by atoms with van der Waals surface area (Å²) in [5.41, 5.74) is 3.67. The van der Waals surface area contributed by atoms with Crippen molar-refractivity contribution in [1.29, 1.82) is 0 Å². The van der Waals surface area contributed by atoms with E-state index >= 15 is 0 Å². The fourth-order valence-corrected chi connectivity index (χ4v) is 3.81. The minimum atomic E-state index is -3.15. The normalized spacial score (nSPS) is 12.2. The lowest BCUT2D eigenvalue weighted by Gasteiger charge is -2.28. The molecule has 0 radical (unpaired) electrons. The molecule has 0 amide bonds. The Kier molecular flexibility index (Phi) is 9.61. The Balaban J connectivity index is 0.00000420. The zero-order valence-corrected chi connectivity index (χ0v) is 21.0. The molecule has 160 valence electrons. The van der Waals surface area contributed by atoms with Gasteiger partial charge in [-0.2, -0.15) is 0 Å². The third kappa shape index (κ3) is 7.62. The molecule has 0 unspecified atom stereocenters. The van der Waals surface area contributed by atoms with Crippen LogP contribution in [-0.4, -0.2) is 40.8 Å². The summed E-state index contributed by atoms with van der Waals surface area (Å²) in [6.07, 6.45) is 2.00. The van der Waals surface area contributed by atoms with Gasteiger partial charge in [-0.25, -0.2) is 8.42 Å². The Labute approximate surface area is 192 Å². The summed E-state index contributed by atoms with van der Waals surface area (Å²) in [7, 11) is -1.39. The molecule has 7 heteroatoms. The van der Waals surface area contributed by atoms with Gasteiger partial charge in [0.25, 0.3) is 0 Å². The molecule has 0 aromatic heterocycles. The molecule has 29 heavy (non-hydrogen) atoms. The summed E-state index contributed by atoms with van der Waals surface area (Å²) >= 11 is 0. The lowest BCUT2D eigenvalue weighted by Crippen LogP contribution is -2.44. The molecule has 2 rings (SSSR count). The molecule has 0 saturated heterocycles. The molecular weight excluding hydrogens is 497 g/mol. The van der Waals surface area contributed by atoms with Crippen LogP contribution in [0.4, 0.5) is 0 Å². The minimum Gasteiger partial charge on any atom is -0.356 e. The largest absolute Gasteiger partial charge is 0.356 e. The summed E-state index contributed by atoms with van der Waals surface area (Å²) < 4.78 is 23.1. The summed E-state index contributed by atoms with van der Waals surface area (Å²) in [4.78, 5) is 4.65. The number of rotatable bonds is 7. The number of guanidine groups is 1. The van der Waals surface area contributed by atoms with Crippen LogP contribution in [0, 0.1) is 6.92 Å². The van der Waals surface area contributed by atoms with Crippen molar-refractivity contribution in [2.24, 2.45) is 4.99 Å². The van der Waals surface area contributed by atoms with Crippen LogP contribution in [0.15, 0.2) is 58.4 Å². The Morgan fingerprint density at radius 2 is 1.66 bits per heavy atom. The second-order valence-corrected chi connectivity index (χ2v) is 9.73. The van der Waals surface area contributed by atoms with Gasteiger partial charge in [-0.1, -0.05) is 50.2 Å². The highest BCUT2D eigenvalue weighted by molar-refractivity contribution is 14.0. The summed E-state index contributed by atoms with van der Waals surface area (Å²) in [5, 5.41) is 6.73. The van der Waals surface area contributed by atoms with E-state index in [4.69, 9.17) is 0 Å². The summed E-state index contributed by atoms with van der Waals surface area (Å²) in [5.74, 6) is 0.759. The molecule has 2 aromatic carbocycles. The fourth-order valence-electron chi connectivity index (χ4n) is 3.18. The van der Waals surface area contributed by atoms with E-state index in [1.807, 2.05) is 12.1 Å². The summed E-state index contributed by atoms with van der Waals surface area (Å²) in [6.45, 7) is 8.06. The van der Waals surface area contributed by atoms with Gasteiger partial charge in [0.2, 0.25) is 0 Å². The van der Waals surface area contributed by atoms with E-state index in [0.717, 1.165) is 24.5 Å². The molecule has 0 aliphatic heterocycles. The van der Waals surface area contributed by atoms with Gasteiger partial charge in [0, 0.05) is 31.8 Å². The van der Waals surface area contributed by atoms with Gasteiger partial charge < -0.3 is 10.6 Å². The van der Waals surface area contributed by atoms with Gasteiger partial charge in [-0.05, 0) is 42.2 Å². The van der Waals surface area contributed by atoms with E-state index in [2.05, 4.69) is 60.7 Å². The Morgan fingerprint density at radius 3 is 2.21 bits per heavy atom. The van der Waals surface area contributed by atoms with Gasteiger partial charge in [-0.3, -0.25) is 4.99 Å². The maximum absolute atomic E-state index is 11.5. The molecule has 0 bridgehead atoms. The monoisotopic (exact) mass is 529 g/mol. The van der Waals surface area contributed by atoms with E-state index in [1.165, 1.54) is 17.4 Å². The van der Waals surface area contributed by atoms with Crippen LogP contribution >= 0.6 is 24.0 Å². The van der Waals surface area contributed by atoms with Crippen LogP contribution in [0.1, 0.15) is 30.5 Å². The molecule has 0 atom stereocenters. The van der Waals surface area contributed by atoms with Gasteiger partial charge in [0.05, 0.1) is 4.90 Å². The molecule has 0 spiro atoms.